The van der Waals surface area contributed by atoms with Crippen molar-refractivity contribution in [1.29, 1.82) is 5.26 Å². The molecule has 1 aliphatic carbocycles. The maximum Gasteiger partial charge on any atom is 0.251 e. The summed E-state index contributed by atoms with van der Waals surface area (Å²) in [5.41, 5.74) is 0.577. The van der Waals surface area contributed by atoms with E-state index in [0.29, 0.717) is 5.69 Å². The van der Waals surface area contributed by atoms with Crippen LogP contribution in [0.5, 0.6) is 0 Å². The third-order valence-electron chi connectivity index (χ3n) is 3.65. The van der Waals surface area contributed by atoms with Gasteiger partial charge in [0.2, 0.25) is 11.8 Å². The van der Waals surface area contributed by atoms with Gasteiger partial charge >= 0.3 is 0 Å². The number of carbonyl (C=O) groups excluding carboxylic acids is 2. The Kier molecular flexibility index (Phi) is 5.33. The van der Waals surface area contributed by atoms with Gasteiger partial charge in [0.15, 0.2) is 0 Å². The van der Waals surface area contributed by atoms with Crippen molar-refractivity contribution >= 4 is 17.5 Å². The number of rotatable bonds is 4. The third kappa shape index (κ3) is 4.32. The number of anilines is 1. The molecule has 0 bridgehead atoms. The van der Waals surface area contributed by atoms with E-state index >= 15 is 0 Å². The summed E-state index contributed by atoms with van der Waals surface area (Å²) in [5, 5.41) is 14.5. The van der Waals surface area contributed by atoms with Crippen molar-refractivity contribution in [2.24, 2.45) is 5.92 Å². The summed E-state index contributed by atoms with van der Waals surface area (Å²) in [6, 6.07) is 10.7. The molecule has 1 aliphatic rings. The predicted molar refractivity (Wildman–Crippen MR) is 79.2 cm³/mol. The van der Waals surface area contributed by atoms with Gasteiger partial charge in [-0.2, -0.15) is 5.26 Å². The predicted octanol–water partition coefficient (Wildman–Crippen LogP) is 2.21. The van der Waals surface area contributed by atoms with Crippen molar-refractivity contribution in [2.75, 3.05) is 5.32 Å². The van der Waals surface area contributed by atoms with Crippen LogP contribution >= 0.6 is 0 Å². The van der Waals surface area contributed by atoms with E-state index < -0.39 is 17.7 Å². The molecule has 0 aromatic heterocycles. The first-order valence-electron chi connectivity index (χ1n) is 7.26. The lowest BCUT2D eigenvalue weighted by Gasteiger charge is -2.23. The fraction of sp³-hybridized carbons (Fsp3) is 0.438. The molecule has 21 heavy (non-hydrogen) atoms. The van der Waals surface area contributed by atoms with Crippen LogP contribution in [0.3, 0.4) is 0 Å². The number of amides is 2. The molecule has 0 aliphatic heterocycles. The SMILES string of the molecule is N#CC(C(=O)Nc1ccccc1)C(=O)NC1CCCCC1. The minimum absolute atomic E-state index is 0.0895. The Morgan fingerprint density at radius 1 is 1.10 bits per heavy atom. The molecular formula is C16H19N3O2. The van der Waals surface area contributed by atoms with E-state index in [9.17, 15) is 9.59 Å². The highest BCUT2D eigenvalue weighted by atomic mass is 16.2. The van der Waals surface area contributed by atoms with Crippen molar-refractivity contribution in [3.8, 4) is 6.07 Å². The first-order valence-corrected chi connectivity index (χ1v) is 7.26. The van der Waals surface area contributed by atoms with Crippen LogP contribution in [-0.2, 0) is 9.59 Å². The van der Waals surface area contributed by atoms with Crippen LogP contribution in [0.25, 0.3) is 0 Å². The van der Waals surface area contributed by atoms with Crippen LogP contribution in [-0.4, -0.2) is 17.9 Å². The molecular weight excluding hydrogens is 266 g/mol. The van der Waals surface area contributed by atoms with Gasteiger partial charge in [-0.25, -0.2) is 0 Å². The Labute approximate surface area is 124 Å². The van der Waals surface area contributed by atoms with Crippen LogP contribution in [0.4, 0.5) is 5.69 Å². The molecule has 2 rings (SSSR count). The van der Waals surface area contributed by atoms with Crippen molar-refractivity contribution in [2.45, 2.75) is 38.1 Å². The molecule has 0 spiro atoms. The zero-order valence-electron chi connectivity index (χ0n) is 11.8. The number of benzene rings is 1. The molecule has 1 aromatic rings. The van der Waals surface area contributed by atoms with Crippen LogP contribution in [0.15, 0.2) is 30.3 Å². The van der Waals surface area contributed by atoms with E-state index in [-0.39, 0.29) is 6.04 Å². The smallest absolute Gasteiger partial charge is 0.251 e. The Morgan fingerprint density at radius 2 is 1.76 bits per heavy atom. The lowest BCUT2D eigenvalue weighted by atomic mass is 9.95. The molecule has 2 N–H and O–H groups in total. The van der Waals surface area contributed by atoms with Crippen molar-refractivity contribution < 1.29 is 9.59 Å². The second-order valence-electron chi connectivity index (χ2n) is 5.26. The zero-order chi connectivity index (χ0) is 15.1. The van der Waals surface area contributed by atoms with Crippen LogP contribution < -0.4 is 10.6 Å². The molecule has 5 nitrogen and oxygen atoms in total. The number of hydrogen-bond acceptors (Lipinski definition) is 3. The highest BCUT2D eigenvalue weighted by molar-refractivity contribution is 6.08. The van der Waals surface area contributed by atoms with Gasteiger partial charge < -0.3 is 10.6 Å². The average Bonchev–Trinajstić information content (AvgIpc) is 2.50. The van der Waals surface area contributed by atoms with E-state index in [0.717, 1.165) is 25.7 Å². The zero-order valence-corrected chi connectivity index (χ0v) is 11.8. The van der Waals surface area contributed by atoms with Gasteiger partial charge in [-0.15, -0.1) is 0 Å². The van der Waals surface area contributed by atoms with E-state index in [1.807, 2.05) is 6.07 Å². The minimum atomic E-state index is -1.31. The first kappa shape index (κ1) is 15.0. The summed E-state index contributed by atoms with van der Waals surface area (Å²) in [6.45, 7) is 0. The average molecular weight is 285 g/mol. The standard InChI is InChI=1S/C16H19N3O2/c17-11-14(15(20)18-12-7-3-1-4-8-12)16(21)19-13-9-5-2-6-10-13/h1,3-4,7-8,13-14H,2,5-6,9-10H2,(H,18,20)(H,19,21). The molecule has 0 saturated heterocycles. The van der Waals surface area contributed by atoms with Crippen LogP contribution in [0.2, 0.25) is 0 Å². The Hall–Kier alpha value is -2.35. The van der Waals surface area contributed by atoms with Crippen molar-refractivity contribution in [1.82, 2.24) is 5.32 Å². The number of nitriles is 1. The molecule has 2 amide bonds. The minimum Gasteiger partial charge on any atom is -0.352 e. The summed E-state index contributed by atoms with van der Waals surface area (Å²) < 4.78 is 0. The van der Waals surface area contributed by atoms with E-state index in [2.05, 4.69) is 10.6 Å². The van der Waals surface area contributed by atoms with Gasteiger partial charge in [0.25, 0.3) is 5.91 Å². The number of nitrogens with zero attached hydrogens (tertiary/aromatic N) is 1. The van der Waals surface area contributed by atoms with Gasteiger partial charge in [0.1, 0.15) is 0 Å². The second-order valence-corrected chi connectivity index (χ2v) is 5.26. The highest BCUT2D eigenvalue weighted by Crippen LogP contribution is 2.18. The third-order valence-corrected chi connectivity index (χ3v) is 3.65. The van der Waals surface area contributed by atoms with Gasteiger partial charge in [-0.1, -0.05) is 37.5 Å². The molecule has 0 heterocycles. The number of nitrogens with one attached hydrogen (secondary N) is 2. The molecule has 5 heteroatoms. The van der Waals surface area contributed by atoms with E-state index in [1.54, 1.807) is 30.3 Å². The molecule has 110 valence electrons. The first-order chi connectivity index (χ1) is 10.2. The normalized spacial score (nSPS) is 16.5. The second kappa shape index (κ2) is 7.44. The van der Waals surface area contributed by atoms with Gasteiger partial charge in [-0.3, -0.25) is 9.59 Å². The van der Waals surface area contributed by atoms with E-state index in [1.165, 1.54) is 6.42 Å². The Bertz CT molecular complexity index is 530. The van der Waals surface area contributed by atoms with Crippen LogP contribution in [0.1, 0.15) is 32.1 Å². The van der Waals surface area contributed by atoms with Crippen molar-refractivity contribution in [3.05, 3.63) is 30.3 Å². The molecule has 1 saturated carbocycles. The fourth-order valence-electron chi connectivity index (χ4n) is 2.50. The van der Waals surface area contributed by atoms with Gasteiger partial charge in [0, 0.05) is 11.7 Å². The lowest BCUT2D eigenvalue weighted by Crippen LogP contribution is -2.43. The lowest BCUT2D eigenvalue weighted by molar-refractivity contribution is -0.130. The quantitative estimate of drug-likeness (QED) is 0.832. The molecule has 0 radical (unpaired) electrons. The number of carbonyl (C=O) groups is 2. The largest absolute Gasteiger partial charge is 0.352 e. The Balaban J connectivity index is 1.93. The fourth-order valence-corrected chi connectivity index (χ4v) is 2.50. The number of para-hydroxylation sites is 1. The topological polar surface area (TPSA) is 82.0 Å². The van der Waals surface area contributed by atoms with Gasteiger partial charge in [0.05, 0.1) is 6.07 Å². The summed E-state index contributed by atoms with van der Waals surface area (Å²) in [7, 11) is 0. The Morgan fingerprint density at radius 3 is 2.38 bits per heavy atom. The maximum absolute atomic E-state index is 12.1. The van der Waals surface area contributed by atoms with Crippen LogP contribution in [0, 0.1) is 17.2 Å². The summed E-state index contributed by atoms with van der Waals surface area (Å²) in [5.74, 6) is -2.40. The molecule has 1 aromatic carbocycles. The monoisotopic (exact) mass is 285 g/mol. The summed E-state index contributed by atoms with van der Waals surface area (Å²) in [6.07, 6.45) is 5.19. The summed E-state index contributed by atoms with van der Waals surface area (Å²) in [4.78, 5) is 24.1. The van der Waals surface area contributed by atoms with Crippen molar-refractivity contribution in [3.63, 3.8) is 0 Å². The number of hydrogen-bond donors (Lipinski definition) is 2. The molecule has 1 fully saturated rings. The summed E-state index contributed by atoms with van der Waals surface area (Å²) >= 11 is 0. The maximum atomic E-state index is 12.1. The van der Waals surface area contributed by atoms with E-state index in [4.69, 9.17) is 5.26 Å². The molecule has 1 unspecified atom stereocenters. The molecule has 1 atom stereocenters. The highest BCUT2D eigenvalue weighted by Gasteiger charge is 2.28. The van der Waals surface area contributed by atoms with Gasteiger partial charge in [-0.05, 0) is 25.0 Å².